The molecule has 1 atom stereocenters. The van der Waals surface area contributed by atoms with Gasteiger partial charge in [0, 0.05) is 6.04 Å². The van der Waals surface area contributed by atoms with Gasteiger partial charge in [-0.1, -0.05) is 26.0 Å². The number of halogens is 3. The number of ketones is 1. The molecule has 0 aliphatic rings. The average molecular weight is 273 g/mol. The van der Waals surface area contributed by atoms with Crippen molar-refractivity contribution in [1.29, 1.82) is 0 Å². The number of benzene rings is 1. The van der Waals surface area contributed by atoms with Gasteiger partial charge in [0.1, 0.15) is 5.78 Å². The quantitative estimate of drug-likeness (QED) is 0.892. The van der Waals surface area contributed by atoms with E-state index in [1.165, 1.54) is 19.1 Å². The van der Waals surface area contributed by atoms with Crippen molar-refractivity contribution in [1.82, 2.24) is 5.32 Å². The fourth-order valence-corrected chi connectivity index (χ4v) is 1.79. The van der Waals surface area contributed by atoms with E-state index in [0.717, 1.165) is 12.1 Å². The highest BCUT2D eigenvalue weighted by Gasteiger charge is 2.30. The van der Waals surface area contributed by atoms with Crippen molar-refractivity contribution in [2.24, 2.45) is 0 Å². The minimum atomic E-state index is -4.32. The largest absolute Gasteiger partial charge is 0.416 e. The first-order valence-corrected chi connectivity index (χ1v) is 6.12. The van der Waals surface area contributed by atoms with E-state index < -0.39 is 11.7 Å². The van der Waals surface area contributed by atoms with Crippen LogP contribution in [0.1, 0.15) is 31.9 Å². The molecule has 1 rings (SSSR count). The van der Waals surface area contributed by atoms with Crippen molar-refractivity contribution in [2.45, 2.75) is 45.5 Å². The van der Waals surface area contributed by atoms with Crippen LogP contribution >= 0.6 is 0 Å². The van der Waals surface area contributed by atoms with Gasteiger partial charge in [-0.3, -0.25) is 4.79 Å². The Kier molecular flexibility index (Phi) is 5.11. The molecule has 0 spiro atoms. The maximum atomic E-state index is 12.4. The molecule has 0 bridgehead atoms. The number of carbonyl (C=O) groups is 1. The van der Waals surface area contributed by atoms with E-state index in [-0.39, 0.29) is 17.9 Å². The van der Waals surface area contributed by atoms with Crippen LogP contribution in [0.25, 0.3) is 0 Å². The van der Waals surface area contributed by atoms with Crippen LogP contribution in [0.4, 0.5) is 13.2 Å². The van der Waals surface area contributed by atoms with Crippen LogP contribution in [-0.2, 0) is 17.4 Å². The molecular formula is C14H18F3NO. The lowest BCUT2D eigenvalue weighted by atomic mass is 10.0. The van der Waals surface area contributed by atoms with E-state index in [0.29, 0.717) is 12.0 Å². The predicted molar refractivity (Wildman–Crippen MR) is 67.9 cm³/mol. The summed E-state index contributed by atoms with van der Waals surface area (Å²) >= 11 is 0. The highest BCUT2D eigenvalue weighted by atomic mass is 19.4. The van der Waals surface area contributed by atoms with Crippen molar-refractivity contribution in [2.75, 3.05) is 0 Å². The molecule has 0 aromatic heterocycles. The van der Waals surface area contributed by atoms with E-state index in [9.17, 15) is 18.0 Å². The number of nitrogens with one attached hydrogen (secondary N) is 1. The first-order chi connectivity index (χ1) is 8.70. The monoisotopic (exact) mass is 273 g/mol. The van der Waals surface area contributed by atoms with Gasteiger partial charge in [-0.05, 0) is 31.0 Å². The predicted octanol–water partition coefficient (Wildman–Crippen LogP) is 3.20. The Balaban J connectivity index is 2.78. The highest BCUT2D eigenvalue weighted by Crippen LogP contribution is 2.29. The Labute approximate surface area is 111 Å². The zero-order valence-electron chi connectivity index (χ0n) is 11.2. The molecule has 0 heterocycles. The van der Waals surface area contributed by atoms with Gasteiger partial charge in [0.25, 0.3) is 0 Å². The van der Waals surface area contributed by atoms with Crippen LogP contribution in [0.3, 0.4) is 0 Å². The van der Waals surface area contributed by atoms with Crippen molar-refractivity contribution in [3.63, 3.8) is 0 Å². The van der Waals surface area contributed by atoms with Gasteiger partial charge < -0.3 is 5.32 Å². The van der Waals surface area contributed by atoms with E-state index in [2.05, 4.69) is 5.32 Å². The average Bonchev–Trinajstić information content (AvgIpc) is 2.27. The van der Waals surface area contributed by atoms with Crippen molar-refractivity contribution in [3.05, 3.63) is 35.4 Å². The summed E-state index contributed by atoms with van der Waals surface area (Å²) in [5, 5.41) is 3.10. The first-order valence-electron chi connectivity index (χ1n) is 6.12. The number of rotatable bonds is 5. The normalized spacial score (nSPS) is 13.6. The summed E-state index contributed by atoms with van der Waals surface area (Å²) in [6.07, 6.45) is -3.93. The Hall–Kier alpha value is -1.36. The van der Waals surface area contributed by atoms with Crippen LogP contribution in [0.15, 0.2) is 24.3 Å². The van der Waals surface area contributed by atoms with Crippen LogP contribution < -0.4 is 5.32 Å². The van der Waals surface area contributed by atoms with Gasteiger partial charge in [0.2, 0.25) is 0 Å². The number of Topliss-reactive ketones (excluding diaryl/α,β-unsaturated/α-hetero) is 1. The number of hydrogen-bond acceptors (Lipinski definition) is 2. The third-order valence-electron chi connectivity index (χ3n) is 2.75. The third kappa shape index (κ3) is 5.03. The smallest absolute Gasteiger partial charge is 0.305 e. The second-order valence-electron chi connectivity index (χ2n) is 4.88. The minimum Gasteiger partial charge on any atom is -0.305 e. The molecule has 5 heteroatoms. The Morgan fingerprint density at radius 3 is 2.11 bits per heavy atom. The molecule has 19 heavy (non-hydrogen) atoms. The van der Waals surface area contributed by atoms with Crippen LogP contribution in [0.2, 0.25) is 0 Å². The maximum Gasteiger partial charge on any atom is 0.416 e. The second kappa shape index (κ2) is 6.19. The summed E-state index contributed by atoms with van der Waals surface area (Å²) in [6, 6.07) is 4.70. The molecule has 1 aromatic carbocycles. The molecule has 0 aliphatic heterocycles. The molecule has 0 fully saturated rings. The molecule has 0 amide bonds. The third-order valence-corrected chi connectivity index (χ3v) is 2.75. The fourth-order valence-electron chi connectivity index (χ4n) is 1.79. The maximum absolute atomic E-state index is 12.4. The van der Waals surface area contributed by atoms with E-state index in [1.807, 2.05) is 13.8 Å². The summed E-state index contributed by atoms with van der Waals surface area (Å²) < 4.78 is 37.2. The van der Waals surface area contributed by atoms with Crippen molar-refractivity contribution < 1.29 is 18.0 Å². The molecule has 1 aromatic rings. The van der Waals surface area contributed by atoms with Crippen molar-refractivity contribution in [3.8, 4) is 0 Å². The topological polar surface area (TPSA) is 29.1 Å². The first kappa shape index (κ1) is 15.7. The van der Waals surface area contributed by atoms with Gasteiger partial charge in [-0.2, -0.15) is 13.2 Å². The lowest BCUT2D eigenvalue weighted by Gasteiger charge is -2.19. The van der Waals surface area contributed by atoms with Gasteiger partial charge in [0.15, 0.2) is 0 Å². The zero-order valence-corrected chi connectivity index (χ0v) is 11.2. The number of hydrogen-bond donors (Lipinski definition) is 1. The number of alkyl halides is 3. The molecule has 1 unspecified atom stereocenters. The Morgan fingerprint density at radius 2 is 1.74 bits per heavy atom. The van der Waals surface area contributed by atoms with E-state index in [4.69, 9.17) is 0 Å². The summed E-state index contributed by atoms with van der Waals surface area (Å²) in [6.45, 7) is 5.31. The second-order valence-corrected chi connectivity index (χ2v) is 4.88. The molecular weight excluding hydrogens is 255 g/mol. The highest BCUT2D eigenvalue weighted by molar-refractivity contribution is 5.81. The van der Waals surface area contributed by atoms with Gasteiger partial charge in [-0.15, -0.1) is 0 Å². The number of carbonyl (C=O) groups excluding carboxylic acids is 1. The molecule has 0 saturated heterocycles. The molecule has 2 nitrogen and oxygen atoms in total. The Morgan fingerprint density at radius 1 is 1.21 bits per heavy atom. The molecule has 1 N–H and O–H groups in total. The minimum absolute atomic E-state index is 0.0198. The van der Waals surface area contributed by atoms with Crippen LogP contribution in [0, 0.1) is 0 Å². The van der Waals surface area contributed by atoms with Gasteiger partial charge >= 0.3 is 6.18 Å². The van der Waals surface area contributed by atoms with Crippen LogP contribution in [-0.4, -0.2) is 17.9 Å². The zero-order chi connectivity index (χ0) is 14.6. The summed E-state index contributed by atoms with van der Waals surface area (Å²) in [5.74, 6) is -0.0198. The van der Waals surface area contributed by atoms with E-state index in [1.54, 1.807) is 0 Å². The SMILES string of the molecule is CC(=O)C(Cc1ccc(C(F)(F)F)cc1)NC(C)C. The molecule has 0 saturated carbocycles. The molecule has 0 aliphatic carbocycles. The lowest BCUT2D eigenvalue weighted by molar-refractivity contribution is -0.137. The molecule has 0 radical (unpaired) electrons. The van der Waals surface area contributed by atoms with Crippen LogP contribution in [0.5, 0.6) is 0 Å². The summed E-state index contributed by atoms with van der Waals surface area (Å²) in [5.41, 5.74) is 0.0359. The fraction of sp³-hybridized carbons (Fsp3) is 0.500. The summed E-state index contributed by atoms with van der Waals surface area (Å²) in [4.78, 5) is 11.5. The molecule has 106 valence electrons. The Bertz CT molecular complexity index is 423. The van der Waals surface area contributed by atoms with Gasteiger partial charge in [0.05, 0.1) is 11.6 Å². The lowest BCUT2D eigenvalue weighted by Crippen LogP contribution is -2.41. The van der Waals surface area contributed by atoms with Gasteiger partial charge in [-0.25, -0.2) is 0 Å². The summed E-state index contributed by atoms with van der Waals surface area (Å²) in [7, 11) is 0. The van der Waals surface area contributed by atoms with Crippen molar-refractivity contribution >= 4 is 5.78 Å². The van der Waals surface area contributed by atoms with E-state index >= 15 is 0 Å². The standard InChI is InChI=1S/C14H18F3NO/c1-9(2)18-13(10(3)19)8-11-4-6-12(7-5-11)14(15,16)17/h4-7,9,13,18H,8H2,1-3H3.